The molecule has 1 atom stereocenters. The second-order valence-electron chi connectivity index (χ2n) is 13.0. The van der Waals surface area contributed by atoms with E-state index in [-0.39, 0.29) is 0 Å². The third-order valence-corrected chi connectivity index (χ3v) is 8.20. The zero-order valence-electron chi connectivity index (χ0n) is 20.4. The molecule has 0 amide bonds. The average Bonchev–Trinajstić information content (AvgIpc) is 3.04. The van der Waals surface area contributed by atoms with Crippen LogP contribution >= 0.6 is 0 Å². The quantitative estimate of drug-likeness (QED) is 0.542. The standard InChI is InChI=1S/C25H50N2/c1-22(2,3)20-11-16-26(17-12-20)25(9,10)15-14-24(7,8)21-13-18-27(19-21)23(4,5)6/h20-21H,11-19H2,1-10H3. The van der Waals surface area contributed by atoms with Crippen molar-refractivity contribution >= 4 is 0 Å². The molecule has 0 radical (unpaired) electrons. The highest BCUT2D eigenvalue weighted by Gasteiger charge is 2.40. The van der Waals surface area contributed by atoms with Crippen molar-refractivity contribution in [2.45, 2.75) is 112 Å². The first-order valence-corrected chi connectivity index (χ1v) is 11.6. The Morgan fingerprint density at radius 2 is 1.11 bits per heavy atom. The Morgan fingerprint density at radius 3 is 1.56 bits per heavy atom. The molecule has 2 saturated heterocycles. The summed E-state index contributed by atoms with van der Waals surface area (Å²) in [6.45, 7) is 29.6. The van der Waals surface area contributed by atoms with Gasteiger partial charge in [0.05, 0.1) is 0 Å². The van der Waals surface area contributed by atoms with E-state index in [9.17, 15) is 0 Å². The van der Waals surface area contributed by atoms with E-state index in [1.54, 1.807) is 0 Å². The molecule has 0 N–H and O–H groups in total. The van der Waals surface area contributed by atoms with Crippen molar-refractivity contribution in [1.29, 1.82) is 0 Å². The molecule has 0 aromatic carbocycles. The summed E-state index contributed by atoms with van der Waals surface area (Å²) in [5.74, 6) is 1.74. The van der Waals surface area contributed by atoms with Crippen LogP contribution in [0.15, 0.2) is 0 Å². The van der Waals surface area contributed by atoms with Crippen LogP contribution in [0.4, 0.5) is 0 Å². The third kappa shape index (κ3) is 5.95. The fourth-order valence-electron chi connectivity index (χ4n) is 5.35. The van der Waals surface area contributed by atoms with E-state index in [0.717, 1.165) is 11.8 Å². The summed E-state index contributed by atoms with van der Waals surface area (Å²) in [6, 6.07) is 0. The fraction of sp³-hybridized carbons (Fsp3) is 1.00. The lowest BCUT2D eigenvalue weighted by atomic mass is 9.71. The lowest BCUT2D eigenvalue weighted by molar-refractivity contribution is 0.0286. The Balaban J connectivity index is 1.87. The predicted molar refractivity (Wildman–Crippen MR) is 120 cm³/mol. The molecule has 0 aliphatic carbocycles. The summed E-state index contributed by atoms with van der Waals surface area (Å²) in [4.78, 5) is 5.49. The van der Waals surface area contributed by atoms with Gasteiger partial charge < -0.3 is 0 Å². The number of piperidine rings is 1. The van der Waals surface area contributed by atoms with Gasteiger partial charge in [-0.15, -0.1) is 0 Å². The minimum Gasteiger partial charge on any atom is -0.298 e. The number of hydrogen-bond donors (Lipinski definition) is 0. The molecular weight excluding hydrogens is 328 g/mol. The average molecular weight is 379 g/mol. The highest BCUT2D eigenvalue weighted by molar-refractivity contribution is 4.94. The van der Waals surface area contributed by atoms with Gasteiger partial charge in [0.1, 0.15) is 0 Å². The summed E-state index contributed by atoms with van der Waals surface area (Å²) in [5, 5.41) is 0. The summed E-state index contributed by atoms with van der Waals surface area (Å²) in [7, 11) is 0. The zero-order valence-corrected chi connectivity index (χ0v) is 20.4. The normalized spacial score (nSPS) is 25.3. The molecule has 0 bridgehead atoms. The van der Waals surface area contributed by atoms with Gasteiger partial charge in [-0.3, -0.25) is 9.80 Å². The first kappa shape index (κ1) is 23.2. The van der Waals surface area contributed by atoms with Gasteiger partial charge in [-0.05, 0) is 109 Å². The van der Waals surface area contributed by atoms with Crippen LogP contribution in [0.25, 0.3) is 0 Å². The highest BCUT2D eigenvalue weighted by Crippen LogP contribution is 2.42. The summed E-state index contributed by atoms with van der Waals surface area (Å²) >= 11 is 0. The van der Waals surface area contributed by atoms with E-state index < -0.39 is 0 Å². The van der Waals surface area contributed by atoms with Crippen LogP contribution in [0.5, 0.6) is 0 Å². The minimum absolute atomic E-state index is 0.321. The lowest BCUT2D eigenvalue weighted by Gasteiger charge is -2.47. The Labute approximate surface area is 171 Å². The first-order valence-electron chi connectivity index (χ1n) is 11.6. The SMILES string of the molecule is CC(C)(C)C1CCN(C(C)(C)CCC(C)(C)C2CCN(C(C)(C)C)C2)CC1. The molecule has 2 aliphatic heterocycles. The van der Waals surface area contributed by atoms with Crippen molar-refractivity contribution in [3.63, 3.8) is 0 Å². The molecule has 2 aliphatic rings. The van der Waals surface area contributed by atoms with Crippen molar-refractivity contribution in [2.75, 3.05) is 26.2 Å². The smallest absolute Gasteiger partial charge is 0.0153 e. The van der Waals surface area contributed by atoms with Gasteiger partial charge in [0.15, 0.2) is 0 Å². The molecule has 1 unspecified atom stereocenters. The van der Waals surface area contributed by atoms with E-state index >= 15 is 0 Å². The molecule has 2 rings (SSSR count). The summed E-state index contributed by atoms with van der Waals surface area (Å²) in [6.07, 6.45) is 6.80. The molecule has 0 spiro atoms. The van der Waals surface area contributed by atoms with Crippen LogP contribution in [-0.4, -0.2) is 47.1 Å². The molecule has 2 fully saturated rings. The Kier molecular flexibility index (Phi) is 6.85. The van der Waals surface area contributed by atoms with Gasteiger partial charge >= 0.3 is 0 Å². The second kappa shape index (κ2) is 7.98. The number of likely N-dealkylation sites (tertiary alicyclic amines) is 2. The Hall–Kier alpha value is -0.0800. The first-order chi connectivity index (χ1) is 12.1. The fourth-order valence-corrected chi connectivity index (χ4v) is 5.35. The third-order valence-electron chi connectivity index (χ3n) is 8.20. The monoisotopic (exact) mass is 378 g/mol. The van der Waals surface area contributed by atoms with Gasteiger partial charge in [-0.2, -0.15) is 0 Å². The maximum Gasteiger partial charge on any atom is 0.0153 e. The molecule has 160 valence electrons. The Morgan fingerprint density at radius 1 is 0.630 bits per heavy atom. The molecule has 2 heteroatoms. The van der Waals surface area contributed by atoms with Gasteiger partial charge in [-0.25, -0.2) is 0 Å². The van der Waals surface area contributed by atoms with E-state index in [2.05, 4.69) is 79.0 Å². The largest absolute Gasteiger partial charge is 0.298 e. The summed E-state index contributed by atoms with van der Waals surface area (Å²) < 4.78 is 0. The van der Waals surface area contributed by atoms with Gasteiger partial charge in [0.25, 0.3) is 0 Å². The zero-order chi connectivity index (χ0) is 20.7. The number of nitrogens with zero attached hydrogens (tertiary/aromatic N) is 2. The van der Waals surface area contributed by atoms with Crippen molar-refractivity contribution in [1.82, 2.24) is 9.80 Å². The molecule has 0 aromatic rings. The van der Waals surface area contributed by atoms with Crippen molar-refractivity contribution < 1.29 is 0 Å². The predicted octanol–water partition coefficient (Wildman–Crippen LogP) is 6.45. The van der Waals surface area contributed by atoms with Crippen molar-refractivity contribution in [3.8, 4) is 0 Å². The number of rotatable bonds is 5. The van der Waals surface area contributed by atoms with Crippen LogP contribution in [0.2, 0.25) is 0 Å². The molecule has 2 nitrogen and oxygen atoms in total. The van der Waals surface area contributed by atoms with Crippen LogP contribution in [0, 0.1) is 22.7 Å². The van der Waals surface area contributed by atoms with Crippen LogP contribution < -0.4 is 0 Å². The molecule has 0 saturated carbocycles. The summed E-state index contributed by atoms with van der Waals surface area (Å²) in [5.41, 5.74) is 1.57. The van der Waals surface area contributed by atoms with Crippen molar-refractivity contribution in [2.24, 2.45) is 22.7 Å². The molecule has 27 heavy (non-hydrogen) atoms. The van der Waals surface area contributed by atoms with Crippen molar-refractivity contribution in [3.05, 3.63) is 0 Å². The number of hydrogen-bond acceptors (Lipinski definition) is 2. The van der Waals surface area contributed by atoms with Gasteiger partial charge in [-0.1, -0.05) is 34.6 Å². The van der Waals surface area contributed by atoms with Crippen LogP contribution in [0.3, 0.4) is 0 Å². The minimum atomic E-state index is 0.321. The van der Waals surface area contributed by atoms with Crippen LogP contribution in [0.1, 0.15) is 101 Å². The van der Waals surface area contributed by atoms with Gasteiger partial charge in [0.2, 0.25) is 0 Å². The lowest BCUT2D eigenvalue weighted by Crippen LogP contribution is -2.50. The second-order valence-corrected chi connectivity index (χ2v) is 13.0. The van der Waals surface area contributed by atoms with E-state index in [1.807, 2.05) is 0 Å². The van der Waals surface area contributed by atoms with E-state index in [1.165, 1.54) is 58.3 Å². The molecule has 2 heterocycles. The molecule has 0 aromatic heterocycles. The van der Waals surface area contributed by atoms with E-state index in [4.69, 9.17) is 0 Å². The maximum atomic E-state index is 2.79. The van der Waals surface area contributed by atoms with Crippen LogP contribution in [-0.2, 0) is 0 Å². The van der Waals surface area contributed by atoms with Gasteiger partial charge in [0, 0.05) is 17.6 Å². The topological polar surface area (TPSA) is 6.48 Å². The highest BCUT2D eigenvalue weighted by atomic mass is 15.2. The Bertz CT molecular complexity index is 470. The molecular formula is C25H50N2. The van der Waals surface area contributed by atoms with E-state index in [0.29, 0.717) is 21.9 Å². The maximum absolute atomic E-state index is 2.79.